The fourth-order valence-corrected chi connectivity index (χ4v) is 2.75. The van der Waals surface area contributed by atoms with Crippen LogP contribution in [0, 0.1) is 6.92 Å². The molecule has 0 aliphatic heterocycles. The zero-order valence-electron chi connectivity index (χ0n) is 10.1. The molecule has 0 saturated carbocycles. The molecule has 3 N–H and O–H groups in total. The van der Waals surface area contributed by atoms with Crippen LogP contribution in [0.1, 0.15) is 5.56 Å². The molecule has 0 fully saturated rings. The van der Waals surface area contributed by atoms with Gasteiger partial charge >= 0.3 is 0 Å². The maximum Gasteiger partial charge on any atom is 0.279 e. The summed E-state index contributed by atoms with van der Waals surface area (Å²) in [5.74, 6) is 0. The van der Waals surface area contributed by atoms with E-state index in [1.165, 1.54) is 16.9 Å². The van der Waals surface area contributed by atoms with Gasteiger partial charge in [0.25, 0.3) is 10.0 Å². The summed E-state index contributed by atoms with van der Waals surface area (Å²) in [6.45, 7) is 1.82. The summed E-state index contributed by atoms with van der Waals surface area (Å²) in [5, 5.41) is 3.94. The molecule has 1 aromatic heterocycles. The topological polar surface area (TPSA) is 90.0 Å². The molecule has 1 heterocycles. The Hall–Kier alpha value is -2.02. The second-order valence-corrected chi connectivity index (χ2v) is 5.60. The second kappa shape index (κ2) is 4.34. The average molecular weight is 266 g/mol. The standard InChI is InChI=1S/C11H14N4O2S/c1-8-7-9(3-4-10(8)12)14-18(16,17)11-5-6-13-15(11)2/h3-7,14H,12H2,1-2H3. The first-order valence-electron chi connectivity index (χ1n) is 5.27. The third-order valence-corrected chi connectivity index (χ3v) is 4.03. The molecule has 0 spiro atoms. The smallest absolute Gasteiger partial charge is 0.279 e. The minimum Gasteiger partial charge on any atom is -0.399 e. The predicted molar refractivity (Wildman–Crippen MR) is 69.6 cm³/mol. The minimum atomic E-state index is -3.62. The van der Waals surface area contributed by atoms with Gasteiger partial charge in [-0.05, 0) is 36.8 Å². The molecule has 0 aliphatic carbocycles. The first kappa shape index (κ1) is 12.4. The molecule has 0 aliphatic rings. The van der Waals surface area contributed by atoms with E-state index in [4.69, 9.17) is 5.73 Å². The number of aromatic nitrogens is 2. The van der Waals surface area contributed by atoms with Crippen molar-refractivity contribution in [3.63, 3.8) is 0 Å². The highest BCUT2D eigenvalue weighted by atomic mass is 32.2. The molecule has 0 radical (unpaired) electrons. The molecule has 1 aromatic carbocycles. The monoisotopic (exact) mass is 266 g/mol. The van der Waals surface area contributed by atoms with Crippen molar-refractivity contribution in [2.45, 2.75) is 11.9 Å². The van der Waals surface area contributed by atoms with Gasteiger partial charge in [-0.3, -0.25) is 9.40 Å². The lowest BCUT2D eigenvalue weighted by atomic mass is 10.2. The lowest BCUT2D eigenvalue weighted by molar-refractivity contribution is 0.582. The van der Waals surface area contributed by atoms with E-state index in [1.807, 2.05) is 6.92 Å². The van der Waals surface area contributed by atoms with E-state index in [0.29, 0.717) is 11.4 Å². The first-order valence-corrected chi connectivity index (χ1v) is 6.75. The number of aryl methyl sites for hydroxylation is 2. The number of benzene rings is 1. The molecule has 6 nitrogen and oxygen atoms in total. The molecule has 7 heteroatoms. The van der Waals surface area contributed by atoms with Crippen molar-refractivity contribution in [2.75, 3.05) is 10.5 Å². The quantitative estimate of drug-likeness (QED) is 0.814. The van der Waals surface area contributed by atoms with Gasteiger partial charge in [0.1, 0.15) is 0 Å². The van der Waals surface area contributed by atoms with Crippen LogP contribution in [-0.2, 0) is 17.1 Å². The van der Waals surface area contributed by atoms with Crippen molar-refractivity contribution in [3.8, 4) is 0 Å². The predicted octanol–water partition coefficient (Wildman–Crippen LogP) is 1.11. The lowest BCUT2D eigenvalue weighted by Gasteiger charge is -2.09. The van der Waals surface area contributed by atoms with Crippen LogP contribution < -0.4 is 10.5 Å². The Morgan fingerprint density at radius 3 is 2.61 bits per heavy atom. The summed E-state index contributed by atoms with van der Waals surface area (Å²) in [5.41, 5.74) is 7.60. The fourth-order valence-electron chi connectivity index (χ4n) is 1.57. The Morgan fingerprint density at radius 1 is 1.33 bits per heavy atom. The largest absolute Gasteiger partial charge is 0.399 e. The number of hydrogen-bond donors (Lipinski definition) is 2. The number of anilines is 2. The molecule has 0 amide bonds. The summed E-state index contributed by atoms with van der Waals surface area (Å²) >= 11 is 0. The number of nitrogens with one attached hydrogen (secondary N) is 1. The molecule has 0 unspecified atom stereocenters. The van der Waals surface area contributed by atoms with Gasteiger partial charge in [-0.15, -0.1) is 0 Å². The minimum absolute atomic E-state index is 0.108. The molecule has 96 valence electrons. The van der Waals surface area contributed by atoms with Crippen molar-refractivity contribution >= 4 is 21.4 Å². The highest BCUT2D eigenvalue weighted by molar-refractivity contribution is 7.92. The second-order valence-electron chi connectivity index (χ2n) is 3.97. The molecule has 2 aromatic rings. The van der Waals surface area contributed by atoms with E-state index >= 15 is 0 Å². The molecular formula is C11H14N4O2S. The number of nitrogens with zero attached hydrogens (tertiary/aromatic N) is 2. The summed E-state index contributed by atoms with van der Waals surface area (Å²) < 4.78 is 27.9. The molecule has 0 atom stereocenters. The third-order valence-electron chi connectivity index (χ3n) is 2.57. The van der Waals surface area contributed by atoms with Crippen molar-refractivity contribution in [1.29, 1.82) is 0 Å². The van der Waals surface area contributed by atoms with Crippen LogP contribution in [0.4, 0.5) is 11.4 Å². The Labute approximate surface area is 105 Å². The van der Waals surface area contributed by atoms with Crippen molar-refractivity contribution < 1.29 is 8.42 Å². The molecule has 0 saturated heterocycles. The molecule has 2 rings (SSSR count). The fraction of sp³-hybridized carbons (Fsp3) is 0.182. The number of sulfonamides is 1. The van der Waals surface area contributed by atoms with Crippen LogP contribution in [0.25, 0.3) is 0 Å². The zero-order valence-corrected chi connectivity index (χ0v) is 10.9. The van der Waals surface area contributed by atoms with Gasteiger partial charge in [0.05, 0.1) is 6.20 Å². The van der Waals surface area contributed by atoms with Gasteiger partial charge in [0.2, 0.25) is 0 Å². The number of nitrogen functional groups attached to an aromatic ring is 1. The van der Waals surface area contributed by atoms with Crippen LogP contribution in [0.2, 0.25) is 0 Å². The lowest BCUT2D eigenvalue weighted by Crippen LogP contribution is -2.16. The van der Waals surface area contributed by atoms with Crippen molar-refractivity contribution in [2.24, 2.45) is 7.05 Å². The molecule has 18 heavy (non-hydrogen) atoms. The van der Waals surface area contributed by atoms with E-state index in [0.717, 1.165) is 5.56 Å². The van der Waals surface area contributed by atoms with Crippen LogP contribution in [0.5, 0.6) is 0 Å². The van der Waals surface area contributed by atoms with Crippen LogP contribution in [-0.4, -0.2) is 18.2 Å². The summed E-state index contributed by atoms with van der Waals surface area (Å²) in [7, 11) is -2.05. The third kappa shape index (κ3) is 2.30. The van der Waals surface area contributed by atoms with Gasteiger partial charge in [-0.25, -0.2) is 0 Å². The zero-order chi connectivity index (χ0) is 13.3. The van der Waals surface area contributed by atoms with E-state index < -0.39 is 10.0 Å². The summed E-state index contributed by atoms with van der Waals surface area (Å²) in [6, 6.07) is 6.41. The highest BCUT2D eigenvalue weighted by Gasteiger charge is 2.17. The van der Waals surface area contributed by atoms with Crippen LogP contribution >= 0.6 is 0 Å². The van der Waals surface area contributed by atoms with Crippen LogP contribution in [0.15, 0.2) is 35.5 Å². The van der Waals surface area contributed by atoms with Gasteiger partial charge in [-0.1, -0.05) is 0 Å². The molecular weight excluding hydrogens is 252 g/mol. The number of rotatable bonds is 3. The van der Waals surface area contributed by atoms with Gasteiger partial charge in [0.15, 0.2) is 5.03 Å². The van der Waals surface area contributed by atoms with Gasteiger partial charge < -0.3 is 5.73 Å². The van der Waals surface area contributed by atoms with Crippen molar-refractivity contribution in [1.82, 2.24) is 9.78 Å². The maximum atomic E-state index is 12.1. The first-order chi connectivity index (χ1) is 8.40. The SMILES string of the molecule is Cc1cc(NS(=O)(=O)c2ccnn2C)ccc1N. The Morgan fingerprint density at radius 2 is 2.06 bits per heavy atom. The normalized spacial score (nSPS) is 11.4. The number of hydrogen-bond acceptors (Lipinski definition) is 4. The van der Waals surface area contributed by atoms with E-state index in [2.05, 4.69) is 9.82 Å². The number of nitrogens with two attached hydrogens (primary N) is 1. The Kier molecular flexibility index (Phi) is 3.00. The van der Waals surface area contributed by atoms with E-state index in [9.17, 15) is 8.42 Å². The highest BCUT2D eigenvalue weighted by Crippen LogP contribution is 2.19. The summed E-state index contributed by atoms with van der Waals surface area (Å²) in [6.07, 6.45) is 1.43. The maximum absolute atomic E-state index is 12.1. The van der Waals surface area contributed by atoms with Gasteiger partial charge in [0, 0.05) is 18.4 Å². The van der Waals surface area contributed by atoms with E-state index in [-0.39, 0.29) is 5.03 Å². The average Bonchev–Trinajstić information content (AvgIpc) is 2.70. The Bertz CT molecular complexity index is 676. The molecule has 0 bridgehead atoms. The van der Waals surface area contributed by atoms with E-state index in [1.54, 1.807) is 25.2 Å². The van der Waals surface area contributed by atoms with Crippen molar-refractivity contribution in [3.05, 3.63) is 36.0 Å². The van der Waals surface area contributed by atoms with Gasteiger partial charge in [-0.2, -0.15) is 13.5 Å². The van der Waals surface area contributed by atoms with Crippen LogP contribution in [0.3, 0.4) is 0 Å². The summed E-state index contributed by atoms with van der Waals surface area (Å²) in [4.78, 5) is 0. The Balaban J connectivity index is 2.34.